The molecule has 6 nitrogen and oxygen atoms in total. The van der Waals surface area contributed by atoms with Crippen molar-refractivity contribution in [1.82, 2.24) is 19.3 Å². The van der Waals surface area contributed by atoms with Crippen molar-refractivity contribution in [2.75, 3.05) is 5.32 Å². The molecule has 0 atom stereocenters. The molecule has 4 rings (SSSR count). The standard InChI is InChI=1S/C20H19N5O/c1-13-12-21-25(16-7-5-4-6-8-16)19(13)23-20(26)15-9-10-18-17(11-15)22-14(2)24(18)3/h4-12H,1-3H3,(H,23,26). The Morgan fingerprint density at radius 3 is 2.62 bits per heavy atom. The Labute approximate surface area is 151 Å². The molecule has 4 aromatic rings. The average molecular weight is 345 g/mol. The number of hydrogen-bond acceptors (Lipinski definition) is 3. The molecule has 2 aromatic carbocycles. The van der Waals surface area contributed by atoms with E-state index in [0.717, 1.165) is 28.1 Å². The first-order valence-corrected chi connectivity index (χ1v) is 8.39. The number of carbonyl (C=O) groups excluding carboxylic acids is 1. The number of aromatic nitrogens is 4. The Morgan fingerprint density at radius 1 is 1.08 bits per heavy atom. The van der Waals surface area contributed by atoms with Crippen molar-refractivity contribution in [3.05, 3.63) is 71.7 Å². The first-order chi connectivity index (χ1) is 12.5. The summed E-state index contributed by atoms with van der Waals surface area (Å²) in [5.74, 6) is 1.39. The van der Waals surface area contributed by atoms with Gasteiger partial charge in [-0.3, -0.25) is 4.79 Å². The molecule has 1 amide bonds. The largest absolute Gasteiger partial charge is 0.331 e. The summed E-state index contributed by atoms with van der Waals surface area (Å²) in [7, 11) is 1.96. The third kappa shape index (κ3) is 2.65. The van der Waals surface area contributed by atoms with Crippen LogP contribution in [0.4, 0.5) is 5.82 Å². The van der Waals surface area contributed by atoms with Gasteiger partial charge in [-0.2, -0.15) is 5.10 Å². The van der Waals surface area contributed by atoms with Crippen molar-refractivity contribution in [2.24, 2.45) is 7.05 Å². The molecular formula is C20H19N5O. The molecule has 6 heteroatoms. The number of nitrogens with one attached hydrogen (secondary N) is 1. The van der Waals surface area contributed by atoms with Gasteiger partial charge in [0.1, 0.15) is 11.6 Å². The smallest absolute Gasteiger partial charge is 0.256 e. The molecular weight excluding hydrogens is 326 g/mol. The summed E-state index contributed by atoms with van der Waals surface area (Å²) in [5.41, 5.74) is 4.18. The summed E-state index contributed by atoms with van der Waals surface area (Å²) in [5, 5.41) is 7.37. The maximum atomic E-state index is 12.8. The fraction of sp³-hybridized carbons (Fsp3) is 0.150. The highest BCUT2D eigenvalue weighted by molar-refractivity contribution is 6.06. The second kappa shape index (κ2) is 6.15. The summed E-state index contributed by atoms with van der Waals surface area (Å²) < 4.78 is 3.74. The first-order valence-electron chi connectivity index (χ1n) is 8.39. The van der Waals surface area contributed by atoms with Gasteiger partial charge in [-0.1, -0.05) is 18.2 Å². The number of anilines is 1. The third-order valence-corrected chi connectivity index (χ3v) is 4.55. The monoisotopic (exact) mass is 345 g/mol. The molecule has 0 bridgehead atoms. The number of carbonyl (C=O) groups is 1. The Balaban J connectivity index is 1.68. The predicted molar refractivity (Wildman–Crippen MR) is 102 cm³/mol. The van der Waals surface area contributed by atoms with E-state index in [9.17, 15) is 4.79 Å². The molecule has 0 spiro atoms. The van der Waals surface area contributed by atoms with Crippen LogP contribution in [0.5, 0.6) is 0 Å². The van der Waals surface area contributed by atoms with Crippen LogP contribution in [0.1, 0.15) is 21.7 Å². The van der Waals surface area contributed by atoms with Crippen LogP contribution < -0.4 is 5.32 Å². The Bertz CT molecular complexity index is 1110. The highest BCUT2D eigenvalue weighted by Gasteiger charge is 2.15. The van der Waals surface area contributed by atoms with Crippen molar-refractivity contribution in [3.8, 4) is 5.69 Å². The van der Waals surface area contributed by atoms with Crippen LogP contribution in [0.25, 0.3) is 16.7 Å². The minimum absolute atomic E-state index is 0.184. The summed E-state index contributed by atoms with van der Waals surface area (Å²) in [6, 6.07) is 15.3. The number of aryl methyl sites for hydroxylation is 3. The molecule has 0 aliphatic rings. The second-order valence-corrected chi connectivity index (χ2v) is 6.30. The maximum absolute atomic E-state index is 12.8. The molecule has 1 N–H and O–H groups in total. The Hall–Kier alpha value is -3.41. The average Bonchev–Trinajstić information content (AvgIpc) is 3.15. The number of hydrogen-bond donors (Lipinski definition) is 1. The lowest BCUT2D eigenvalue weighted by Crippen LogP contribution is -2.16. The number of fused-ring (bicyclic) bond motifs is 1. The zero-order valence-corrected chi connectivity index (χ0v) is 14.9. The molecule has 0 aliphatic carbocycles. The molecule has 2 aromatic heterocycles. The lowest BCUT2D eigenvalue weighted by molar-refractivity contribution is 0.102. The van der Waals surface area contributed by atoms with Crippen molar-refractivity contribution in [3.63, 3.8) is 0 Å². The molecule has 130 valence electrons. The first kappa shape index (κ1) is 16.1. The zero-order chi connectivity index (χ0) is 18.3. The van der Waals surface area contributed by atoms with Crippen molar-refractivity contribution in [2.45, 2.75) is 13.8 Å². The van der Waals surface area contributed by atoms with E-state index in [1.807, 2.05) is 74.0 Å². The van der Waals surface area contributed by atoms with E-state index in [-0.39, 0.29) is 5.91 Å². The maximum Gasteiger partial charge on any atom is 0.256 e. The van der Waals surface area contributed by atoms with Gasteiger partial charge in [0.05, 0.1) is 22.9 Å². The molecule has 0 saturated carbocycles. The van der Waals surface area contributed by atoms with Gasteiger partial charge in [0.25, 0.3) is 5.91 Å². The van der Waals surface area contributed by atoms with Crippen LogP contribution in [-0.4, -0.2) is 25.2 Å². The fourth-order valence-electron chi connectivity index (χ4n) is 2.99. The SMILES string of the molecule is Cc1cnn(-c2ccccc2)c1NC(=O)c1ccc2c(c1)nc(C)n2C. The molecule has 0 fully saturated rings. The molecule has 2 heterocycles. The van der Waals surface area contributed by atoms with E-state index >= 15 is 0 Å². The van der Waals surface area contributed by atoms with Crippen LogP contribution in [0.3, 0.4) is 0 Å². The van der Waals surface area contributed by atoms with Crippen molar-refractivity contribution in [1.29, 1.82) is 0 Å². The van der Waals surface area contributed by atoms with Gasteiger partial charge in [-0.05, 0) is 44.2 Å². The number of rotatable bonds is 3. The van der Waals surface area contributed by atoms with Gasteiger partial charge in [0.2, 0.25) is 0 Å². The Kier molecular flexibility index (Phi) is 3.80. The highest BCUT2D eigenvalue weighted by atomic mass is 16.1. The fourth-order valence-corrected chi connectivity index (χ4v) is 2.99. The quantitative estimate of drug-likeness (QED) is 0.617. The zero-order valence-electron chi connectivity index (χ0n) is 14.9. The van der Waals surface area contributed by atoms with Crippen LogP contribution >= 0.6 is 0 Å². The number of para-hydroxylation sites is 1. The minimum Gasteiger partial charge on any atom is -0.331 e. The van der Waals surface area contributed by atoms with Crippen molar-refractivity contribution >= 4 is 22.8 Å². The molecule has 0 unspecified atom stereocenters. The van der Waals surface area contributed by atoms with Crippen molar-refractivity contribution < 1.29 is 4.79 Å². The normalized spacial score (nSPS) is 11.0. The third-order valence-electron chi connectivity index (χ3n) is 4.55. The van der Waals surface area contributed by atoms with Crippen LogP contribution in [0.2, 0.25) is 0 Å². The molecule has 0 aliphatic heterocycles. The molecule has 26 heavy (non-hydrogen) atoms. The lowest BCUT2D eigenvalue weighted by Gasteiger charge is -2.10. The topological polar surface area (TPSA) is 64.7 Å². The van der Waals surface area contributed by atoms with Gasteiger partial charge in [0, 0.05) is 18.2 Å². The molecule has 0 radical (unpaired) electrons. The summed E-state index contributed by atoms with van der Waals surface area (Å²) in [6.45, 7) is 3.87. The van der Waals surface area contributed by atoms with E-state index in [1.165, 1.54) is 0 Å². The van der Waals surface area contributed by atoms with E-state index in [1.54, 1.807) is 10.9 Å². The number of benzene rings is 2. The van der Waals surface area contributed by atoms with Gasteiger partial charge < -0.3 is 9.88 Å². The van der Waals surface area contributed by atoms with Gasteiger partial charge in [-0.25, -0.2) is 9.67 Å². The lowest BCUT2D eigenvalue weighted by atomic mass is 10.2. The Morgan fingerprint density at radius 2 is 1.85 bits per heavy atom. The molecule has 0 saturated heterocycles. The summed E-state index contributed by atoms with van der Waals surface area (Å²) in [4.78, 5) is 17.3. The van der Waals surface area contributed by atoms with Crippen LogP contribution in [0, 0.1) is 13.8 Å². The predicted octanol–water partition coefficient (Wildman–Crippen LogP) is 3.63. The summed E-state index contributed by atoms with van der Waals surface area (Å²) >= 11 is 0. The number of nitrogens with zero attached hydrogens (tertiary/aromatic N) is 4. The van der Waals surface area contributed by atoms with E-state index in [2.05, 4.69) is 15.4 Å². The second-order valence-electron chi connectivity index (χ2n) is 6.30. The number of amides is 1. The summed E-state index contributed by atoms with van der Waals surface area (Å²) in [6.07, 6.45) is 1.74. The highest BCUT2D eigenvalue weighted by Crippen LogP contribution is 2.21. The van der Waals surface area contributed by atoms with Crippen LogP contribution in [-0.2, 0) is 7.05 Å². The number of imidazole rings is 1. The van der Waals surface area contributed by atoms with Gasteiger partial charge >= 0.3 is 0 Å². The van der Waals surface area contributed by atoms with Crippen LogP contribution in [0.15, 0.2) is 54.7 Å². The minimum atomic E-state index is -0.184. The van der Waals surface area contributed by atoms with E-state index in [4.69, 9.17) is 0 Å². The van der Waals surface area contributed by atoms with E-state index < -0.39 is 0 Å². The van der Waals surface area contributed by atoms with Gasteiger partial charge in [-0.15, -0.1) is 0 Å². The van der Waals surface area contributed by atoms with E-state index in [0.29, 0.717) is 11.4 Å². The van der Waals surface area contributed by atoms with Gasteiger partial charge in [0.15, 0.2) is 0 Å².